The third-order valence-electron chi connectivity index (χ3n) is 2.56. The van der Waals surface area contributed by atoms with E-state index in [0.29, 0.717) is 6.42 Å². The summed E-state index contributed by atoms with van der Waals surface area (Å²) in [5, 5.41) is 2.58. The van der Waals surface area contributed by atoms with E-state index in [9.17, 15) is 13.6 Å². The lowest BCUT2D eigenvalue weighted by Crippen LogP contribution is -2.41. The summed E-state index contributed by atoms with van der Waals surface area (Å²) in [7, 11) is 0. The van der Waals surface area contributed by atoms with E-state index in [1.54, 1.807) is 13.8 Å². The predicted octanol–water partition coefficient (Wildman–Crippen LogP) is 2.30. The Kier molecular flexibility index (Phi) is 6.80. The predicted molar refractivity (Wildman–Crippen MR) is 68.4 cm³/mol. The van der Waals surface area contributed by atoms with Gasteiger partial charge in [-0.25, -0.2) is 8.78 Å². The van der Waals surface area contributed by atoms with Gasteiger partial charge in [-0.2, -0.15) is 0 Å². The van der Waals surface area contributed by atoms with Gasteiger partial charge in [-0.15, -0.1) is 12.4 Å². The number of nitrogens with one attached hydrogen (secondary N) is 1. The Labute approximate surface area is 111 Å². The molecule has 1 aromatic rings. The molecule has 18 heavy (non-hydrogen) atoms. The molecule has 0 saturated carbocycles. The maximum absolute atomic E-state index is 13.4. The maximum Gasteiger partial charge on any atom is 0.237 e. The second-order valence-corrected chi connectivity index (χ2v) is 3.91. The highest BCUT2D eigenvalue weighted by Crippen LogP contribution is 2.17. The summed E-state index contributed by atoms with van der Waals surface area (Å²) in [5.74, 6) is -1.67. The van der Waals surface area contributed by atoms with Crippen molar-refractivity contribution in [2.24, 2.45) is 5.73 Å². The Morgan fingerprint density at radius 3 is 2.56 bits per heavy atom. The summed E-state index contributed by atoms with van der Waals surface area (Å²) in [6, 6.07) is 2.10. The molecule has 0 heterocycles. The molecule has 0 aromatic heterocycles. The average Bonchev–Trinajstić information content (AvgIpc) is 2.27. The normalized spacial score (nSPS) is 13.4. The van der Waals surface area contributed by atoms with Gasteiger partial charge in [-0.05, 0) is 19.4 Å². The van der Waals surface area contributed by atoms with Crippen molar-refractivity contribution >= 4 is 18.3 Å². The number of nitrogens with two attached hydrogens (primary N) is 1. The molecule has 0 aliphatic carbocycles. The zero-order valence-electron chi connectivity index (χ0n) is 10.2. The van der Waals surface area contributed by atoms with Gasteiger partial charge < -0.3 is 11.1 Å². The van der Waals surface area contributed by atoms with Crippen molar-refractivity contribution in [2.45, 2.75) is 32.4 Å². The van der Waals surface area contributed by atoms with Crippen LogP contribution in [0.5, 0.6) is 0 Å². The van der Waals surface area contributed by atoms with Crippen LogP contribution < -0.4 is 11.1 Å². The van der Waals surface area contributed by atoms with Gasteiger partial charge in [-0.3, -0.25) is 4.79 Å². The highest BCUT2D eigenvalue weighted by molar-refractivity contribution is 5.85. The van der Waals surface area contributed by atoms with Gasteiger partial charge in [0.1, 0.15) is 11.6 Å². The molecule has 0 aliphatic heterocycles. The summed E-state index contributed by atoms with van der Waals surface area (Å²) in [5.41, 5.74) is 5.78. The van der Waals surface area contributed by atoms with Crippen molar-refractivity contribution in [3.63, 3.8) is 0 Å². The van der Waals surface area contributed by atoms with Crippen LogP contribution in [0.1, 0.15) is 31.9 Å². The lowest BCUT2D eigenvalue weighted by molar-refractivity contribution is -0.123. The van der Waals surface area contributed by atoms with Crippen molar-refractivity contribution in [3.8, 4) is 0 Å². The SMILES string of the molecule is CC[C@H](N)C(=O)NC(C)c1ccc(F)cc1F.Cl. The number of rotatable bonds is 4. The van der Waals surface area contributed by atoms with Crippen molar-refractivity contribution in [1.29, 1.82) is 0 Å². The van der Waals surface area contributed by atoms with E-state index >= 15 is 0 Å². The largest absolute Gasteiger partial charge is 0.348 e. The van der Waals surface area contributed by atoms with Crippen LogP contribution in [-0.4, -0.2) is 11.9 Å². The van der Waals surface area contributed by atoms with Crippen molar-refractivity contribution in [3.05, 3.63) is 35.4 Å². The number of amides is 1. The molecular formula is C12H17ClF2N2O. The second kappa shape index (κ2) is 7.28. The molecule has 1 unspecified atom stereocenters. The quantitative estimate of drug-likeness (QED) is 0.888. The third kappa shape index (κ3) is 4.23. The molecular weight excluding hydrogens is 262 g/mol. The van der Waals surface area contributed by atoms with Crippen molar-refractivity contribution < 1.29 is 13.6 Å². The van der Waals surface area contributed by atoms with Crippen LogP contribution in [0.3, 0.4) is 0 Å². The summed E-state index contributed by atoms with van der Waals surface area (Å²) >= 11 is 0. The number of carbonyl (C=O) groups is 1. The van der Waals surface area contributed by atoms with Gasteiger partial charge in [0.05, 0.1) is 12.1 Å². The number of hydrogen-bond donors (Lipinski definition) is 2. The Bertz CT molecular complexity index is 415. The van der Waals surface area contributed by atoms with E-state index in [0.717, 1.165) is 12.1 Å². The van der Waals surface area contributed by atoms with Gasteiger partial charge in [0, 0.05) is 11.6 Å². The highest BCUT2D eigenvalue weighted by atomic mass is 35.5. The molecule has 0 radical (unpaired) electrons. The Morgan fingerprint density at radius 1 is 1.44 bits per heavy atom. The standard InChI is InChI=1S/C12H16F2N2O.ClH/c1-3-11(15)12(17)16-7(2)9-5-4-8(13)6-10(9)14;/h4-7,11H,3,15H2,1-2H3,(H,16,17);1H/t7?,11-;/m0./s1. The van der Waals surface area contributed by atoms with Gasteiger partial charge in [0.25, 0.3) is 0 Å². The smallest absolute Gasteiger partial charge is 0.237 e. The maximum atomic E-state index is 13.4. The van der Waals surface area contributed by atoms with Crippen molar-refractivity contribution in [1.82, 2.24) is 5.32 Å². The second-order valence-electron chi connectivity index (χ2n) is 3.91. The monoisotopic (exact) mass is 278 g/mol. The molecule has 1 amide bonds. The zero-order chi connectivity index (χ0) is 13.0. The van der Waals surface area contributed by atoms with Gasteiger partial charge in [0.15, 0.2) is 0 Å². The fourth-order valence-corrected chi connectivity index (χ4v) is 1.44. The van der Waals surface area contributed by atoms with Crippen LogP contribution in [0.25, 0.3) is 0 Å². The zero-order valence-corrected chi connectivity index (χ0v) is 11.1. The van der Waals surface area contributed by atoms with Crippen molar-refractivity contribution in [2.75, 3.05) is 0 Å². The number of carbonyl (C=O) groups excluding carboxylic acids is 1. The lowest BCUT2D eigenvalue weighted by atomic mass is 10.1. The molecule has 1 rings (SSSR count). The third-order valence-corrected chi connectivity index (χ3v) is 2.56. The summed E-state index contributed by atoms with van der Waals surface area (Å²) in [4.78, 5) is 11.5. The minimum absolute atomic E-state index is 0. The molecule has 2 atom stereocenters. The first-order valence-electron chi connectivity index (χ1n) is 5.46. The first-order chi connectivity index (χ1) is 7.95. The molecule has 102 valence electrons. The molecule has 0 saturated heterocycles. The lowest BCUT2D eigenvalue weighted by Gasteiger charge is -2.17. The fraction of sp³-hybridized carbons (Fsp3) is 0.417. The van der Waals surface area contributed by atoms with E-state index in [4.69, 9.17) is 5.73 Å². The van der Waals surface area contributed by atoms with E-state index in [-0.39, 0.29) is 23.9 Å². The topological polar surface area (TPSA) is 55.1 Å². The molecule has 0 spiro atoms. The van der Waals surface area contributed by atoms with Gasteiger partial charge >= 0.3 is 0 Å². The fourth-order valence-electron chi connectivity index (χ4n) is 1.44. The average molecular weight is 279 g/mol. The highest BCUT2D eigenvalue weighted by Gasteiger charge is 2.17. The first kappa shape index (κ1) is 16.8. The van der Waals surface area contributed by atoms with E-state index in [1.165, 1.54) is 6.07 Å². The van der Waals surface area contributed by atoms with E-state index in [2.05, 4.69) is 5.32 Å². The van der Waals surface area contributed by atoms with E-state index in [1.807, 2.05) is 0 Å². The summed E-state index contributed by atoms with van der Waals surface area (Å²) < 4.78 is 26.1. The molecule has 0 bridgehead atoms. The first-order valence-corrected chi connectivity index (χ1v) is 5.46. The van der Waals surface area contributed by atoms with Gasteiger partial charge in [-0.1, -0.05) is 13.0 Å². The van der Waals surface area contributed by atoms with Crippen LogP contribution in [0.4, 0.5) is 8.78 Å². The number of halogens is 3. The van der Waals surface area contributed by atoms with E-state index < -0.39 is 23.7 Å². The molecule has 3 nitrogen and oxygen atoms in total. The van der Waals surface area contributed by atoms with Crippen LogP contribution in [-0.2, 0) is 4.79 Å². The molecule has 3 N–H and O–H groups in total. The minimum atomic E-state index is -0.678. The summed E-state index contributed by atoms with van der Waals surface area (Å²) in [6.07, 6.45) is 0.504. The molecule has 1 aromatic carbocycles. The summed E-state index contributed by atoms with van der Waals surface area (Å²) in [6.45, 7) is 3.41. The van der Waals surface area contributed by atoms with Crippen LogP contribution in [0, 0.1) is 11.6 Å². The Hall–Kier alpha value is -1.20. The Balaban J connectivity index is 0.00000289. The Morgan fingerprint density at radius 2 is 2.06 bits per heavy atom. The number of hydrogen-bond acceptors (Lipinski definition) is 2. The van der Waals surface area contributed by atoms with Gasteiger partial charge in [0.2, 0.25) is 5.91 Å². The number of benzene rings is 1. The molecule has 6 heteroatoms. The molecule has 0 aliphatic rings. The van der Waals surface area contributed by atoms with Crippen LogP contribution in [0.15, 0.2) is 18.2 Å². The molecule has 0 fully saturated rings. The van der Waals surface area contributed by atoms with Crippen LogP contribution >= 0.6 is 12.4 Å². The minimum Gasteiger partial charge on any atom is -0.348 e. The van der Waals surface area contributed by atoms with Crippen LogP contribution in [0.2, 0.25) is 0 Å².